The summed E-state index contributed by atoms with van der Waals surface area (Å²) in [5.74, 6) is 5.76. The molecule has 0 aliphatic heterocycles. The van der Waals surface area contributed by atoms with Gasteiger partial charge in [0.25, 0.3) is 0 Å². The van der Waals surface area contributed by atoms with Crippen molar-refractivity contribution >= 4 is 15.9 Å². The Balaban J connectivity index is 0.000000696. The predicted octanol–water partition coefficient (Wildman–Crippen LogP) is 3.52. The van der Waals surface area contributed by atoms with Crippen molar-refractivity contribution in [2.75, 3.05) is 6.61 Å². The molecule has 178 valence electrons. The summed E-state index contributed by atoms with van der Waals surface area (Å²) in [6.45, 7) is 3.60. The number of pyridine rings is 1. The van der Waals surface area contributed by atoms with Gasteiger partial charge in [0.05, 0.1) is 4.90 Å². The summed E-state index contributed by atoms with van der Waals surface area (Å²) >= 11 is 0. The van der Waals surface area contributed by atoms with Crippen molar-refractivity contribution in [3.63, 3.8) is 0 Å². The monoisotopic (exact) mass is 473 g/mol. The fraction of sp³-hybridized carbons (Fsp3) is 0.417. The number of carbonyl (C=O) groups excluding carboxylic acids is 1. The van der Waals surface area contributed by atoms with Gasteiger partial charge in [-0.05, 0) is 55.7 Å². The van der Waals surface area contributed by atoms with E-state index in [4.69, 9.17) is 9.94 Å². The maximum absolute atomic E-state index is 13.5. The van der Waals surface area contributed by atoms with E-state index in [2.05, 4.69) is 16.8 Å². The summed E-state index contributed by atoms with van der Waals surface area (Å²) in [6, 6.07) is 10.4. The minimum Gasteiger partial charge on any atom is -0.481 e. The summed E-state index contributed by atoms with van der Waals surface area (Å²) in [6.07, 6.45) is 8.53. The van der Waals surface area contributed by atoms with Crippen molar-refractivity contribution in [1.29, 1.82) is 0 Å². The third-order valence-electron chi connectivity index (χ3n) is 5.12. The molecule has 3 rings (SSSR count). The molecule has 1 saturated carbocycles. The molecule has 0 saturated heterocycles. The maximum atomic E-state index is 13.5. The molecule has 0 radical (unpaired) electrons. The normalized spacial score (nSPS) is 13.8. The van der Waals surface area contributed by atoms with Crippen molar-refractivity contribution < 1.29 is 23.2 Å². The Kier molecular flexibility index (Phi) is 10.8. The lowest BCUT2D eigenvalue weighted by Gasteiger charge is -2.33. The average molecular weight is 474 g/mol. The molecule has 1 aromatic carbocycles. The third-order valence-corrected chi connectivity index (χ3v) is 7.03. The SMILES string of the molecule is CC#CCOc1ccc(S(=O)(=O)N(Cc2cccnc2)C2CCCCC2)cc1.CC(=O)NO. The van der Waals surface area contributed by atoms with E-state index in [1.54, 1.807) is 47.9 Å². The molecule has 33 heavy (non-hydrogen) atoms. The Bertz CT molecular complexity index is 1030. The van der Waals surface area contributed by atoms with Crippen LogP contribution in [0.15, 0.2) is 53.7 Å². The van der Waals surface area contributed by atoms with Gasteiger partial charge in [0.15, 0.2) is 0 Å². The number of sulfonamides is 1. The van der Waals surface area contributed by atoms with E-state index in [9.17, 15) is 13.2 Å². The number of rotatable bonds is 7. The number of aromatic nitrogens is 1. The van der Waals surface area contributed by atoms with Crippen LogP contribution in [-0.2, 0) is 21.4 Å². The quantitative estimate of drug-likeness (QED) is 0.362. The molecule has 1 heterocycles. The Hall–Kier alpha value is -2.93. The summed E-state index contributed by atoms with van der Waals surface area (Å²) in [4.78, 5) is 13.9. The molecule has 1 aliphatic rings. The number of ether oxygens (including phenoxy) is 1. The molecular formula is C24H31N3O5S. The second-order valence-electron chi connectivity index (χ2n) is 7.56. The zero-order chi connectivity index (χ0) is 24.1. The highest BCUT2D eigenvalue weighted by Crippen LogP contribution is 2.30. The highest BCUT2D eigenvalue weighted by molar-refractivity contribution is 7.89. The first-order valence-corrected chi connectivity index (χ1v) is 12.3. The van der Waals surface area contributed by atoms with Gasteiger partial charge < -0.3 is 4.74 Å². The molecule has 1 aliphatic carbocycles. The van der Waals surface area contributed by atoms with Gasteiger partial charge in [0.2, 0.25) is 15.9 Å². The lowest BCUT2D eigenvalue weighted by molar-refractivity contribution is -0.126. The van der Waals surface area contributed by atoms with Crippen LogP contribution in [0.4, 0.5) is 0 Å². The number of nitrogens with one attached hydrogen (secondary N) is 1. The minimum atomic E-state index is -3.62. The highest BCUT2D eigenvalue weighted by Gasteiger charge is 2.32. The average Bonchev–Trinajstić information content (AvgIpc) is 2.84. The smallest absolute Gasteiger partial charge is 0.243 e. The topological polar surface area (TPSA) is 109 Å². The lowest BCUT2D eigenvalue weighted by atomic mass is 9.95. The Morgan fingerprint density at radius 2 is 1.88 bits per heavy atom. The van der Waals surface area contributed by atoms with Crippen LogP contribution in [0, 0.1) is 11.8 Å². The number of benzene rings is 1. The van der Waals surface area contributed by atoms with E-state index in [-0.39, 0.29) is 17.5 Å². The molecule has 0 unspecified atom stereocenters. The predicted molar refractivity (Wildman–Crippen MR) is 125 cm³/mol. The fourth-order valence-electron chi connectivity index (χ4n) is 3.49. The molecule has 0 bridgehead atoms. The molecule has 8 nitrogen and oxygen atoms in total. The van der Waals surface area contributed by atoms with Crippen molar-refractivity contribution in [2.45, 2.75) is 63.4 Å². The minimum absolute atomic E-state index is 0.0229. The van der Waals surface area contributed by atoms with E-state index >= 15 is 0 Å². The maximum Gasteiger partial charge on any atom is 0.243 e. The highest BCUT2D eigenvalue weighted by atomic mass is 32.2. The molecule has 1 aromatic heterocycles. The zero-order valence-electron chi connectivity index (χ0n) is 19.0. The van der Waals surface area contributed by atoms with Gasteiger partial charge in [-0.25, -0.2) is 13.9 Å². The van der Waals surface area contributed by atoms with Crippen LogP contribution < -0.4 is 10.2 Å². The van der Waals surface area contributed by atoms with Gasteiger partial charge in [0.1, 0.15) is 12.4 Å². The summed E-state index contributed by atoms with van der Waals surface area (Å²) in [7, 11) is -3.62. The van der Waals surface area contributed by atoms with Crippen LogP contribution in [0.2, 0.25) is 0 Å². The van der Waals surface area contributed by atoms with E-state index in [1.807, 2.05) is 12.1 Å². The Labute approximate surface area is 196 Å². The first kappa shape index (κ1) is 26.3. The van der Waals surface area contributed by atoms with Crippen molar-refractivity contribution in [2.24, 2.45) is 0 Å². The lowest BCUT2D eigenvalue weighted by Crippen LogP contribution is -2.40. The van der Waals surface area contributed by atoms with Crippen LogP contribution in [-0.4, -0.2) is 41.5 Å². The number of hydroxylamine groups is 1. The standard InChI is InChI=1S/C22H26N2O3S.C2H5NO2/c1-2-3-16-27-21-11-13-22(14-12-21)28(25,26)24(20-9-5-4-6-10-20)18-19-8-7-15-23-17-19;1-2(4)3-5/h7-8,11-15,17,20H,4-6,9-10,16,18H2,1H3;5H,1H3,(H,3,4). The van der Waals surface area contributed by atoms with E-state index < -0.39 is 15.9 Å². The molecule has 1 amide bonds. The van der Waals surface area contributed by atoms with Crippen molar-refractivity contribution in [3.05, 3.63) is 54.4 Å². The second-order valence-corrected chi connectivity index (χ2v) is 9.45. The number of hydrogen-bond donors (Lipinski definition) is 2. The number of hydrogen-bond acceptors (Lipinski definition) is 6. The molecular weight excluding hydrogens is 442 g/mol. The second kappa shape index (κ2) is 13.6. The molecule has 2 aromatic rings. The summed E-state index contributed by atoms with van der Waals surface area (Å²) < 4.78 is 34.1. The largest absolute Gasteiger partial charge is 0.481 e. The van der Waals surface area contributed by atoms with E-state index in [0.717, 1.165) is 31.2 Å². The first-order chi connectivity index (χ1) is 15.9. The van der Waals surface area contributed by atoms with Gasteiger partial charge in [-0.3, -0.25) is 15.0 Å². The van der Waals surface area contributed by atoms with Crippen molar-refractivity contribution in [1.82, 2.24) is 14.8 Å². The van der Waals surface area contributed by atoms with Crippen LogP contribution in [0.1, 0.15) is 51.5 Å². The first-order valence-electron chi connectivity index (χ1n) is 10.8. The van der Waals surface area contributed by atoms with Crippen LogP contribution >= 0.6 is 0 Å². The summed E-state index contributed by atoms with van der Waals surface area (Å²) in [5, 5.41) is 7.54. The number of amides is 1. The fourth-order valence-corrected chi connectivity index (χ4v) is 5.16. The third kappa shape index (κ3) is 8.50. The van der Waals surface area contributed by atoms with Crippen LogP contribution in [0.3, 0.4) is 0 Å². The molecule has 2 N–H and O–H groups in total. The number of carbonyl (C=O) groups is 1. The zero-order valence-corrected chi connectivity index (χ0v) is 19.8. The molecule has 0 atom stereocenters. The van der Waals surface area contributed by atoms with Gasteiger partial charge in [0, 0.05) is 31.9 Å². The van der Waals surface area contributed by atoms with Gasteiger partial charge in [-0.2, -0.15) is 4.31 Å². The van der Waals surface area contributed by atoms with Gasteiger partial charge in [-0.15, -0.1) is 5.92 Å². The van der Waals surface area contributed by atoms with Gasteiger partial charge >= 0.3 is 0 Å². The molecule has 0 spiro atoms. The Morgan fingerprint density at radius 3 is 2.42 bits per heavy atom. The van der Waals surface area contributed by atoms with E-state index in [0.29, 0.717) is 12.3 Å². The summed E-state index contributed by atoms with van der Waals surface area (Å²) in [5.41, 5.74) is 2.29. The molecule has 1 fully saturated rings. The van der Waals surface area contributed by atoms with Gasteiger partial charge in [-0.1, -0.05) is 31.2 Å². The Morgan fingerprint density at radius 1 is 1.21 bits per heavy atom. The van der Waals surface area contributed by atoms with Crippen molar-refractivity contribution in [3.8, 4) is 17.6 Å². The van der Waals surface area contributed by atoms with Crippen LogP contribution in [0.25, 0.3) is 0 Å². The van der Waals surface area contributed by atoms with Crippen LogP contribution in [0.5, 0.6) is 5.75 Å². The van der Waals surface area contributed by atoms with E-state index in [1.165, 1.54) is 18.8 Å². The number of nitrogens with zero attached hydrogens (tertiary/aromatic N) is 2. The molecule has 9 heteroatoms.